The van der Waals surface area contributed by atoms with Crippen molar-refractivity contribution in [3.8, 4) is 5.75 Å². The van der Waals surface area contributed by atoms with E-state index in [0.29, 0.717) is 0 Å². The Balaban J connectivity index is 2.29. The van der Waals surface area contributed by atoms with Gasteiger partial charge in [-0.15, -0.1) is 11.3 Å². The van der Waals surface area contributed by atoms with Gasteiger partial charge in [0.05, 0.1) is 0 Å². The summed E-state index contributed by atoms with van der Waals surface area (Å²) in [7, 11) is 0. The van der Waals surface area contributed by atoms with Crippen LogP contribution in [0.3, 0.4) is 0 Å². The predicted octanol–water partition coefficient (Wildman–Crippen LogP) is 4.59. The number of ether oxygens (including phenoxy) is 1. The summed E-state index contributed by atoms with van der Waals surface area (Å²) in [5, 5.41) is 0. The molecule has 0 aliphatic carbocycles. The Hall–Kier alpha value is -0.840. The molecule has 1 heterocycles. The van der Waals surface area contributed by atoms with Gasteiger partial charge in [-0.3, -0.25) is 0 Å². The van der Waals surface area contributed by atoms with Gasteiger partial charge in [0, 0.05) is 20.3 Å². The lowest BCUT2D eigenvalue weighted by Gasteiger charge is -2.22. The molecule has 19 heavy (non-hydrogen) atoms. The highest BCUT2D eigenvalue weighted by Gasteiger charge is 2.20. The maximum absolute atomic E-state index is 6.14. The van der Waals surface area contributed by atoms with E-state index in [0.717, 1.165) is 15.8 Å². The van der Waals surface area contributed by atoms with Crippen LogP contribution < -0.4 is 10.5 Å². The molecule has 2 unspecified atom stereocenters. The van der Waals surface area contributed by atoms with Gasteiger partial charge in [0.2, 0.25) is 0 Å². The standard InChI is InChI=1S/C15H18BrNOS/c1-9-4-6-12(16)8-13(9)18-15(11(3)17)14-7-5-10(2)19-14/h4-8,11,15H,17H2,1-3H3. The van der Waals surface area contributed by atoms with E-state index in [4.69, 9.17) is 10.5 Å². The third kappa shape index (κ3) is 3.59. The van der Waals surface area contributed by atoms with Gasteiger partial charge in [-0.05, 0) is 50.6 Å². The Bertz CT molecular complexity index is 565. The van der Waals surface area contributed by atoms with E-state index in [1.54, 1.807) is 11.3 Å². The average molecular weight is 340 g/mol. The summed E-state index contributed by atoms with van der Waals surface area (Å²) in [5.74, 6) is 0.878. The van der Waals surface area contributed by atoms with Crippen molar-refractivity contribution in [3.05, 3.63) is 50.1 Å². The topological polar surface area (TPSA) is 35.2 Å². The molecule has 2 atom stereocenters. The zero-order valence-electron chi connectivity index (χ0n) is 11.3. The zero-order valence-corrected chi connectivity index (χ0v) is 13.7. The Labute approximate surface area is 126 Å². The first-order valence-electron chi connectivity index (χ1n) is 6.22. The lowest BCUT2D eigenvalue weighted by atomic mass is 10.1. The predicted molar refractivity (Wildman–Crippen MR) is 85.0 cm³/mol. The fourth-order valence-corrected chi connectivity index (χ4v) is 3.23. The van der Waals surface area contributed by atoms with E-state index in [-0.39, 0.29) is 12.1 Å². The molecule has 1 aromatic carbocycles. The lowest BCUT2D eigenvalue weighted by molar-refractivity contribution is 0.183. The quantitative estimate of drug-likeness (QED) is 0.883. The summed E-state index contributed by atoms with van der Waals surface area (Å²) < 4.78 is 7.16. The van der Waals surface area contributed by atoms with Crippen molar-refractivity contribution in [1.82, 2.24) is 0 Å². The van der Waals surface area contributed by atoms with Crippen molar-refractivity contribution >= 4 is 27.3 Å². The van der Waals surface area contributed by atoms with Crippen LogP contribution >= 0.6 is 27.3 Å². The fraction of sp³-hybridized carbons (Fsp3) is 0.333. The molecule has 0 aliphatic heterocycles. The van der Waals surface area contributed by atoms with Gasteiger partial charge in [-0.1, -0.05) is 22.0 Å². The fourth-order valence-electron chi connectivity index (χ4n) is 1.87. The highest BCUT2D eigenvalue weighted by molar-refractivity contribution is 9.10. The molecule has 0 fully saturated rings. The molecule has 2 rings (SSSR count). The molecule has 0 aliphatic rings. The Morgan fingerprint density at radius 2 is 1.95 bits per heavy atom. The maximum Gasteiger partial charge on any atom is 0.148 e. The molecule has 2 nitrogen and oxygen atoms in total. The van der Waals surface area contributed by atoms with Crippen LogP contribution in [0.1, 0.15) is 28.3 Å². The molecule has 2 aromatic rings. The Morgan fingerprint density at radius 1 is 1.21 bits per heavy atom. The van der Waals surface area contributed by atoms with Gasteiger partial charge >= 0.3 is 0 Å². The van der Waals surface area contributed by atoms with E-state index >= 15 is 0 Å². The van der Waals surface area contributed by atoms with Gasteiger partial charge < -0.3 is 10.5 Å². The summed E-state index contributed by atoms with van der Waals surface area (Å²) in [6, 6.07) is 10.2. The summed E-state index contributed by atoms with van der Waals surface area (Å²) >= 11 is 5.21. The molecule has 0 saturated carbocycles. The maximum atomic E-state index is 6.14. The number of hydrogen-bond acceptors (Lipinski definition) is 3. The van der Waals surface area contributed by atoms with Crippen LogP contribution in [0.4, 0.5) is 0 Å². The largest absolute Gasteiger partial charge is 0.483 e. The second kappa shape index (κ2) is 6.07. The minimum absolute atomic E-state index is 0.0589. The third-order valence-corrected chi connectivity index (χ3v) is 4.48. The molecular formula is C15H18BrNOS. The van der Waals surface area contributed by atoms with Crippen molar-refractivity contribution in [1.29, 1.82) is 0 Å². The number of halogens is 1. The van der Waals surface area contributed by atoms with Gasteiger partial charge in [-0.2, -0.15) is 0 Å². The minimum atomic E-state index is -0.105. The molecule has 4 heteroatoms. The van der Waals surface area contributed by atoms with Crippen LogP contribution in [0, 0.1) is 13.8 Å². The van der Waals surface area contributed by atoms with Crippen molar-refractivity contribution in [3.63, 3.8) is 0 Å². The van der Waals surface area contributed by atoms with E-state index in [1.165, 1.54) is 9.75 Å². The molecule has 0 radical (unpaired) electrons. The van der Waals surface area contributed by atoms with Crippen LogP contribution in [0.5, 0.6) is 5.75 Å². The van der Waals surface area contributed by atoms with Crippen LogP contribution in [0.2, 0.25) is 0 Å². The van der Waals surface area contributed by atoms with Crippen LogP contribution in [0.25, 0.3) is 0 Å². The molecule has 0 spiro atoms. The van der Waals surface area contributed by atoms with Crippen LogP contribution in [0.15, 0.2) is 34.8 Å². The molecule has 102 valence electrons. The summed E-state index contributed by atoms with van der Waals surface area (Å²) in [4.78, 5) is 2.45. The smallest absolute Gasteiger partial charge is 0.148 e. The van der Waals surface area contributed by atoms with E-state index in [9.17, 15) is 0 Å². The zero-order chi connectivity index (χ0) is 14.0. The third-order valence-electron chi connectivity index (χ3n) is 2.92. The SMILES string of the molecule is Cc1ccc(C(Oc2cc(Br)ccc2C)C(C)N)s1. The van der Waals surface area contributed by atoms with Gasteiger partial charge in [-0.25, -0.2) is 0 Å². The second-order valence-electron chi connectivity index (χ2n) is 4.76. The number of thiophene rings is 1. The van der Waals surface area contributed by atoms with Crippen LogP contribution in [-0.2, 0) is 0 Å². The number of hydrogen-bond donors (Lipinski definition) is 1. The molecule has 0 amide bonds. The number of aryl methyl sites for hydroxylation is 2. The van der Waals surface area contributed by atoms with Crippen LogP contribution in [-0.4, -0.2) is 6.04 Å². The first kappa shape index (κ1) is 14.6. The molecule has 2 N–H and O–H groups in total. The van der Waals surface area contributed by atoms with Crippen molar-refractivity contribution < 1.29 is 4.74 Å². The lowest BCUT2D eigenvalue weighted by Crippen LogP contribution is -2.28. The first-order valence-corrected chi connectivity index (χ1v) is 7.83. The first-order chi connectivity index (χ1) is 8.97. The van der Waals surface area contributed by atoms with Crippen molar-refractivity contribution in [2.24, 2.45) is 5.73 Å². The monoisotopic (exact) mass is 339 g/mol. The molecule has 0 saturated heterocycles. The number of benzene rings is 1. The second-order valence-corrected chi connectivity index (χ2v) is 6.99. The highest BCUT2D eigenvalue weighted by Crippen LogP contribution is 2.32. The molecule has 0 bridgehead atoms. The van der Waals surface area contributed by atoms with Gasteiger partial charge in [0.25, 0.3) is 0 Å². The number of rotatable bonds is 4. The molecule has 1 aromatic heterocycles. The van der Waals surface area contributed by atoms with Gasteiger partial charge in [0.15, 0.2) is 0 Å². The van der Waals surface area contributed by atoms with Crippen molar-refractivity contribution in [2.45, 2.75) is 32.9 Å². The van der Waals surface area contributed by atoms with E-state index in [2.05, 4.69) is 35.0 Å². The average Bonchev–Trinajstić information content (AvgIpc) is 2.76. The summed E-state index contributed by atoms with van der Waals surface area (Å²) in [6.07, 6.45) is -0.105. The van der Waals surface area contributed by atoms with E-state index < -0.39 is 0 Å². The summed E-state index contributed by atoms with van der Waals surface area (Å²) in [6.45, 7) is 6.11. The Kier molecular flexibility index (Phi) is 4.66. The highest BCUT2D eigenvalue weighted by atomic mass is 79.9. The Morgan fingerprint density at radius 3 is 2.53 bits per heavy atom. The number of nitrogens with two attached hydrogens (primary N) is 1. The summed E-state index contributed by atoms with van der Waals surface area (Å²) in [5.41, 5.74) is 7.20. The van der Waals surface area contributed by atoms with Crippen molar-refractivity contribution in [2.75, 3.05) is 0 Å². The minimum Gasteiger partial charge on any atom is -0.483 e. The normalized spacial score (nSPS) is 14.2. The van der Waals surface area contributed by atoms with E-state index in [1.807, 2.05) is 32.0 Å². The van der Waals surface area contributed by atoms with Gasteiger partial charge in [0.1, 0.15) is 11.9 Å². The molecular weight excluding hydrogens is 322 g/mol.